The second-order valence-corrected chi connectivity index (χ2v) is 4.54. The van der Waals surface area contributed by atoms with Crippen molar-refractivity contribution >= 4 is 0 Å². The van der Waals surface area contributed by atoms with E-state index in [0.717, 1.165) is 37.8 Å². The van der Waals surface area contributed by atoms with Gasteiger partial charge in [0.2, 0.25) is 0 Å². The Bertz CT molecular complexity index is 351. The van der Waals surface area contributed by atoms with Crippen LogP contribution in [-0.4, -0.2) is 31.2 Å². The van der Waals surface area contributed by atoms with Crippen molar-refractivity contribution in [2.45, 2.75) is 25.2 Å². The largest absolute Gasteiger partial charge is 0.445 e. The fraction of sp³-hybridized carbons (Fsp3) is 0.727. The molecule has 0 aromatic carbocycles. The van der Waals surface area contributed by atoms with Crippen LogP contribution in [0.25, 0.3) is 0 Å². The molecular formula is C11H17N3O. The number of hydrogen-bond acceptors (Lipinski definition) is 4. The number of aryl methyl sites for hydroxylation is 1. The van der Waals surface area contributed by atoms with Gasteiger partial charge in [-0.2, -0.15) is 0 Å². The Morgan fingerprint density at radius 2 is 2.00 bits per heavy atom. The molecule has 2 aliphatic rings. The van der Waals surface area contributed by atoms with Crippen LogP contribution < -0.4 is 10.6 Å². The molecule has 0 spiro atoms. The van der Waals surface area contributed by atoms with Crippen LogP contribution in [0.4, 0.5) is 0 Å². The number of nitrogens with one attached hydrogen (secondary N) is 2. The molecule has 2 saturated heterocycles. The van der Waals surface area contributed by atoms with Crippen molar-refractivity contribution < 1.29 is 4.42 Å². The normalized spacial score (nSPS) is 26.9. The molecule has 3 heterocycles. The molecule has 0 radical (unpaired) electrons. The van der Waals surface area contributed by atoms with Crippen molar-refractivity contribution in [1.82, 2.24) is 15.6 Å². The molecule has 1 aromatic rings. The summed E-state index contributed by atoms with van der Waals surface area (Å²) in [5.41, 5.74) is 1.18. The highest BCUT2D eigenvalue weighted by molar-refractivity contribution is 5.18. The summed E-state index contributed by atoms with van der Waals surface area (Å²) >= 11 is 0. The van der Waals surface area contributed by atoms with Gasteiger partial charge in [0.1, 0.15) is 5.76 Å². The van der Waals surface area contributed by atoms with E-state index in [2.05, 4.69) is 15.6 Å². The minimum absolute atomic E-state index is 0.506. The summed E-state index contributed by atoms with van der Waals surface area (Å²) in [4.78, 5) is 4.67. The fourth-order valence-corrected chi connectivity index (χ4v) is 2.33. The first-order valence-corrected chi connectivity index (χ1v) is 5.73. The first-order chi connectivity index (χ1) is 7.34. The monoisotopic (exact) mass is 207 g/mol. The highest BCUT2D eigenvalue weighted by Gasteiger charge is 2.28. The predicted octanol–water partition coefficient (Wildman–Crippen LogP) is 0.747. The van der Waals surface area contributed by atoms with Gasteiger partial charge in [0.15, 0.2) is 5.89 Å². The SMILES string of the molecule is Cc1oc(C2CNC2)nc1C1CCNC1. The Labute approximate surface area is 89.5 Å². The highest BCUT2D eigenvalue weighted by atomic mass is 16.4. The molecule has 15 heavy (non-hydrogen) atoms. The summed E-state index contributed by atoms with van der Waals surface area (Å²) in [6.45, 7) is 6.23. The van der Waals surface area contributed by atoms with E-state index in [1.807, 2.05) is 6.92 Å². The van der Waals surface area contributed by atoms with Crippen LogP contribution in [0.3, 0.4) is 0 Å². The Hall–Kier alpha value is -0.870. The molecule has 2 aliphatic heterocycles. The fourth-order valence-electron chi connectivity index (χ4n) is 2.33. The Balaban J connectivity index is 1.84. The van der Waals surface area contributed by atoms with Gasteiger partial charge < -0.3 is 15.1 Å². The minimum Gasteiger partial charge on any atom is -0.445 e. The molecule has 0 bridgehead atoms. The summed E-state index contributed by atoms with van der Waals surface area (Å²) in [6, 6.07) is 0. The van der Waals surface area contributed by atoms with Crippen LogP contribution in [0.15, 0.2) is 4.42 Å². The lowest BCUT2D eigenvalue weighted by Crippen LogP contribution is -2.40. The van der Waals surface area contributed by atoms with Crippen LogP contribution in [0.2, 0.25) is 0 Å². The molecule has 1 atom stereocenters. The molecule has 2 N–H and O–H groups in total. The number of nitrogens with zero attached hydrogens (tertiary/aromatic N) is 1. The van der Waals surface area contributed by atoms with E-state index in [0.29, 0.717) is 11.8 Å². The van der Waals surface area contributed by atoms with Crippen LogP contribution >= 0.6 is 0 Å². The molecule has 0 amide bonds. The van der Waals surface area contributed by atoms with E-state index in [-0.39, 0.29) is 0 Å². The van der Waals surface area contributed by atoms with Crippen molar-refractivity contribution in [3.8, 4) is 0 Å². The highest BCUT2D eigenvalue weighted by Crippen LogP contribution is 2.28. The smallest absolute Gasteiger partial charge is 0.200 e. The van der Waals surface area contributed by atoms with Crippen LogP contribution in [-0.2, 0) is 0 Å². The van der Waals surface area contributed by atoms with E-state index in [9.17, 15) is 0 Å². The summed E-state index contributed by atoms with van der Waals surface area (Å²) in [7, 11) is 0. The van der Waals surface area contributed by atoms with Gasteiger partial charge in [0.25, 0.3) is 0 Å². The van der Waals surface area contributed by atoms with Crippen molar-refractivity contribution in [2.75, 3.05) is 26.2 Å². The zero-order valence-electron chi connectivity index (χ0n) is 9.05. The van der Waals surface area contributed by atoms with E-state index >= 15 is 0 Å². The van der Waals surface area contributed by atoms with Gasteiger partial charge in [-0.3, -0.25) is 0 Å². The molecule has 2 fully saturated rings. The van der Waals surface area contributed by atoms with Gasteiger partial charge in [0, 0.05) is 25.6 Å². The Kier molecular flexibility index (Phi) is 2.25. The second-order valence-electron chi connectivity index (χ2n) is 4.54. The molecule has 1 aromatic heterocycles. The average Bonchev–Trinajstić information content (AvgIpc) is 2.70. The third kappa shape index (κ3) is 1.58. The third-order valence-corrected chi connectivity index (χ3v) is 3.43. The van der Waals surface area contributed by atoms with Gasteiger partial charge in [-0.15, -0.1) is 0 Å². The average molecular weight is 207 g/mol. The minimum atomic E-state index is 0.506. The summed E-state index contributed by atoms with van der Waals surface area (Å²) < 4.78 is 5.75. The maximum Gasteiger partial charge on any atom is 0.200 e. The van der Waals surface area contributed by atoms with Gasteiger partial charge >= 0.3 is 0 Å². The Morgan fingerprint density at radius 3 is 2.60 bits per heavy atom. The number of hydrogen-bond donors (Lipinski definition) is 2. The topological polar surface area (TPSA) is 50.1 Å². The Morgan fingerprint density at radius 1 is 1.20 bits per heavy atom. The number of rotatable bonds is 2. The maximum absolute atomic E-state index is 5.75. The molecule has 4 nitrogen and oxygen atoms in total. The lowest BCUT2D eigenvalue weighted by Gasteiger charge is -2.23. The summed E-state index contributed by atoms with van der Waals surface area (Å²) in [5, 5.41) is 6.62. The summed E-state index contributed by atoms with van der Waals surface area (Å²) in [6.07, 6.45) is 1.19. The molecule has 0 saturated carbocycles. The van der Waals surface area contributed by atoms with Crippen molar-refractivity contribution in [2.24, 2.45) is 0 Å². The molecule has 0 aliphatic carbocycles. The van der Waals surface area contributed by atoms with Crippen LogP contribution in [0.5, 0.6) is 0 Å². The van der Waals surface area contributed by atoms with Crippen molar-refractivity contribution in [3.63, 3.8) is 0 Å². The van der Waals surface area contributed by atoms with Gasteiger partial charge in [0.05, 0.1) is 11.6 Å². The predicted molar refractivity (Wildman–Crippen MR) is 57.1 cm³/mol. The van der Waals surface area contributed by atoms with Crippen LogP contribution in [0.1, 0.15) is 35.6 Å². The molecule has 4 heteroatoms. The quantitative estimate of drug-likeness (QED) is 0.751. The zero-order valence-corrected chi connectivity index (χ0v) is 9.05. The molecule has 3 rings (SSSR count). The number of oxazole rings is 1. The van der Waals surface area contributed by atoms with E-state index in [1.54, 1.807) is 0 Å². The standard InChI is InChI=1S/C11H17N3O/c1-7-10(8-2-3-12-4-8)14-11(15-7)9-5-13-6-9/h8-9,12-13H,2-6H2,1H3. The van der Waals surface area contributed by atoms with Gasteiger partial charge in [-0.1, -0.05) is 0 Å². The van der Waals surface area contributed by atoms with E-state index in [4.69, 9.17) is 4.42 Å². The van der Waals surface area contributed by atoms with Gasteiger partial charge in [-0.05, 0) is 19.9 Å². The molecule has 1 unspecified atom stereocenters. The first-order valence-electron chi connectivity index (χ1n) is 5.73. The zero-order chi connectivity index (χ0) is 10.3. The lowest BCUT2D eigenvalue weighted by atomic mass is 10.0. The van der Waals surface area contributed by atoms with Gasteiger partial charge in [-0.25, -0.2) is 4.98 Å². The maximum atomic E-state index is 5.75. The first kappa shape index (κ1) is 9.36. The lowest BCUT2D eigenvalue weighted by molar-refractivity contribution is 0.350. The molecule has 82 valence electrons. The van der Waals surface area contributed by atoms with E-state index in [1.165, 1.54) is 12.1 Å². The second kappa shape index (κ2) is 3.61. The van der Waals surface area contributed by atoms with E-state index < -0.39 is 0 Å². The summed E-state index contributed by atoms with van der Waals surface area (Å²) in [5.74, 6) is 3.03. The third-order valence-electron chi connectivity index (χ3n) is 3.43. The molecular weight excluding hydrogens is 190 g/mol. The van der Waals surface area contributed by atoms with Crippen LogP contribution in [0, 0.1) is 6.92 Å². The van der Waals surface area contributed by atoms with Crippen molar-refractivity contribution in [1.29, 1.82) is 0 Å². The number of aromatic nitrogens is 1. The van der Waals surface area contributed by atoms with Crippen molar-refractivity contribution in [3.05, 3.63) is 17.3 Å².